The van der Waals surface area contributed by atoms with Crippen LogP contribution < -0.4 is 10.5 Å². The number of rotatable bonds is 4. The lowest BCUT2D eigenvalue weighted by molar-refractivity contribution is 0.414. The Kier molecular flexibility index (Phi) is 3.96. The highest BCUT2D eigenvalue weighted by Gasteiger charge is 1.98. The summed E-state index contributed by atoms with van der Waals surface area (Å²) in [5.41, 5.74) is 6.48. The SMILES string of the molecule is CCCSc1cc(N)cc(OC)c1. The lowest BCUT2D eigenvalue weighted by Gasteiger charge is -2.05. The molecule has 0 spiro atoms. The molecule has 2 N–H and O–H groups in total. The maximum atomic E-state index is 5.71. The van der Waals surface area contributed by atoms with E-state index in [-0.39, 0.29) is 0 Å². The first-order chi connectivity index (χ1) is 6.26. The van der Waals surface area contributed by atoms with E-state index in [9.17, 15) is 0 Å². The molecule has 1 aromatic rings. The van der Waals surface area contributed by atoms with Gasteiger partial charge in [0, 0.05) is 16.6 Å². The number of ether oxygens (including phenoxy) is 1. The van der Waals surface area contributed by atoms with Crippen LogP contribution in [-0.4, -0.2) is 12.9 Å². The summed E-state index contributed by atoms with van der Waals surface area (Å²) >= 11 is 1.80. The van der Waals surface area contributed by atoms with Crippen LogP contribution in [0, 0.1) is 0 Å². The standard InChI is InChI=1S/C10H15NOS/c1-3-4-13-10-6-8(11)5-9(7-10)12-2/h5-7H,3-4,11H2,1-2H3. The highest BCUT2D eigenvalue weighted by Crippen LogP contribution is 2.26. The van der Waals surface area contributed by atoms with Gasteiger partial charge >= 0.3 is 0 Å². The van der Waals surface area contributed by atoms with Crippen LogP contribution in [0.25, 0.3) is 0 Å². The average Bonchev–Trinajstić information content (AvgIpc) is 2.14. The van der Waals surface area contributed by atoms with Gasteiger partial charge in [-0.15, -0.1) is 11.8 Å². The number of benzene rings is 1. The number of thioether (sulfide) groups is 1. The maximum Gasteiger partial charge on any atom is 0.122 e. The van der Waals surface area contributed by atoms with E-state index < -0.39 is 0 Å². The number of methoxy groups -OCH3 is 1. The third kappa shape index (κ3) is 3.19. The van der Waals surface area contributed by atoms with Crippen LogP contribution in [0.3, 0.4) is 0 Å². The van der Waals surface area contributed by atoms with Crippen LogP contribution in [0.2, 0.25) is 0 Å². The summed E-state index contributed by atoms with van der Waals surface area (Å²) in [6, 6.07) is 5.82. The summed E-state index contributed by atoms with van der Waals surface area (Å²) in [5, 5.41) is 0. The van der Waals surface area contributed by atoms with Crippen molar-refractivity contribution in [3.05, 3.63) is 18.2 Å². The van der Waals surface area contributed by atoms with E-state index in [1.54, 1.807) is 18.9 Å². The van der Waals surface area contributed by atoms with Gasteiger partial charge in [0.2, 0.25) is 0 Å². The van der Waals surface area contributed by atoms with Gasteiger partial charge in [-0.1, -0.05) is 6.92 Å². The smallest absolute Gasteiger partial charge is 0.122 e. The van der Waals surface area contributed by atoms with Crippen LogP contribution in [0.5, 0.6) is 5.75 Å². The van der Waals surface area contributed by atoms with Gasteiger partial charge in [0.15, 0.2) is 0 Å². The number of hydrogen-bond acceptors (Lipinski definition) is 3. The second-order valence-electron chi connectivity index (χ2n) is 2.79. The molecule has 0 saturated carbocycles. The van der Waals surface area contributed by atoms with Gasteiger partial charge in [0.1, 0.15) is 5.75 Å². The number of nitrogen functional groups attached to an aromatic ring is 1. The summed E-state index contributed by atoms with van der Waals surface area (Å²) in [7, 11) is 1.66. The van der Waals surface area contributed by atoms with Crippen molar-refractivity contribution in [2.24, 2.45) is 0 Å². The molecule has 0 amide bonds. The molecule has 0 aromatic heterocycles. The van der Waals surface area contributed by atoms with Gasteiger partial charge < -0.3 is 10.5 Å². The van der Waals surface area contributed by atoms with Gasteiger partial charge in [-0.25, -0.2) is 0 Å². The number of hydrogen-bond donors (Lipinski definition) is 1. The molecule has 0 saturated heterocycles. The Hall–Kier alpha value is -0.830. The fourth-order valence-corrected chi connectivity index (χ4v) is 1.87. The van der Waals surface area contributed by atoms with Crippen molar-refractivity contribution < 1.29 is 4.74 Å². The molecule has 0 unspecified atom stereocenters. The van der Waals surface area contributed by atoms with Crippen molar-refractivity contribution in [2.45, 2.75) is 18.2 Å². The molecule has 1 rings (SSSR count). The fourth-order valence-electron chi connectivity index (χ4n) is 1.01. The van der Waals surface area contributed by atoms with E-state index in [2.05, 4.69) is 6.92 Å². The normalized spacial score (nSPS) is 10.0. The van der Waals surface area contributed by atoms with Crippen LogP contribution in [0.1, 0.15) is 13.3 Å². The van der Waals surface area contributed by atoms with Crippen LogP contribution in [-0.2, 0) is 0 Å². The minimum Gasteiger partial charge on any atom is -0.497 e. The monoisotopic (exact) mass is 197 g/mol. The van der Waals surface area contributed by atoms with Crippen LogP contribution >= 0.6 is 11.8 Å². The molecule has 1 aromatic carbocycles. The highest BCUT2D eigenvalue weighted by molar-refractivity contribution is 7.99. The van der Waals surface area contributed by atoms with Crippen molar-refractivity contribution in [1.29, 1.82) is 0 Å². The van der Waals surface area contributed by atoms with E-state index >= 15 is 0 Å². The Morgan fingerprint density at radius 1 is 1.38 bits per heavy atom. The zero-order valence-corrected chi connectivity index (χ0v) is 8.86. The van der Waals surface area contributed by atoms with E-state index in [4.69, 9.17) is 10.5 Å². The molecule has 13 heavy (non-hydrogen) atoms. The predicted molar refractivity (Wildman–Crippen MR) is 58.4 cm³/mol. The molecule has 72 valence electrons. The Balaban J connectivity index is 2.76. The minimum absolute atomic E-state index is 0.762. The molecule has 0 heterocycles. The van der Waals surface area contributed by atoms with Crippen molar-refractivity contribution in [1.82, 2.24) is 0 Å². The lowest BCUT2D eigenvalue weighted by Crippen LogP contribution is -1.89. The largest absolute Gasteiger partial charge is 0.497 e. The van der Waals surface area contributed by atoms with Gasteiger partial charge in [0.25, 0.3) is 0 Å². The van der Waals surface area contributed by atoms with Crippen molar-refractivity contribution >= 4 is 17.4 Å². The molecular formula is C10H15NOS. The minimum atomic E-state index is 0.762. The first-order valence-corrected chi connectivity index (χ1v) is 5.32. The Bertz CT molecular complexity index is 276. The molecule has 0 bridgehead atoms. The third-order valence-corrected chi connectivity index (χ3v) is 2.79. The molecular weight excluding hydrogens is 182 g/mol. The first kappa shape index (κ1) is 10.3. The zero-order valence-electron chi connectivity index (χ0n) is 8.04. The van der Waals surface area contributed by atoms with Gasteiger partial charge in [-0.05, 0) is 24.3 Å². The lowest BCUT2D eigenvalue weighted by atomic mass is 10.3. The van der Waals surface area contributed by atoms with Crippen molar-refractivity contribution in [3.63, 3.8) is 0 Å². The molecule has 0 atom stereocenters. The maximum absolute atomic E-state index is 5.71. The summed E-state index contributed by atoms with van der Waals surface area (Å²) in [6.45, 7) is 2.16. The number of nitrogens with two attached hydrogens (primary N) is 1. The van der Waals surface area contributed by atoms with E-state index in [1.807, 2.05) is 18.2 Å². The molecule has 0 aliphatic rings. The Labute approximate surface area is 83.5 Å². The summed E-state index contributed by atoms with van der Waals surface area (Å²) < 4.78 is 5.12. The second kappa shape index (κ2) is 5.02. The molecule has 2 nitrogen and oxygen atoms in total. The van der Waals surface area contributed by atoms with Gasteiger partial charge in [-0.2, -0.15) is 0 Å². The summed E-state index contributed by atoms with van der Waals surface area (Å²) in [6.07, 6.45) is 1.17. The highest BCUT2D eigenvalue weighted by atomic mass is 32.2. The Morgan fingerprint density at radius 3 is 2.77 bits per heavy atom. The van der Waals surface area contributed by atoms with Gasteiger partial charge in [-0.3, -0.25) is 0 Å². The average molecular weight is 197 g/mol. The fraction of sp³-hybridized carbons (Fsp3) is 0.400. The van der Waals surface area contributed by atoms with Crippen molar-refractivity contribution in [2.75, 3.05) is 18.6 Å². The first-order valence-electron chi connectivity index (χ1n) is 4.33. The third-order valence-electron chi connectivity index (χ3n) is 1.61. The molecule has 3 heteroatoms. The van der Waals surface area contributed by atoms with E-state index in [1.165, 1.54) is 11.3 Å². The van der Waals surface area contributed by atoms with Gasteiger partial charge in [0.05, 0.1) is 7.11 Å². The van der Waals surface area contributed by atoms with E-state index in [0.29, 0.717) is 0 Å². The van der Waals surface area contributed by atoms with Crippen LogP contribution in [0.4, 0.5) is 5.69 Å². The summed E-state index contributed by atoms with van der Waals surface area (Å²) in [4.78, 5) is 1.18. The van der Waals surface area contributed by atoms with Crippen molar-refractivity contribution in [3.8, 4) is 5.75 Å². The zero-order chi connectivity index (χ0) is 9.68. The molecule has 0 aliphatic carbocycles. The molecule has 0 radical (unpaired) electrons. The number of anilines is 1. The van der Waals surface area contributed by atoms with E-state index in [0.717, 1.165) is 17.2 Å². The predicted octanol–water partition coefficient (Wildman–Crippen LogP) is 2.78. The topological polar surface area (TPSA) is 35.2 Å². The molecule has 0 fully saturated rings. The Morgan fingerprint density at radius 2 is 2.15 bits per heavy atom. The summed E-state index contributed by atoms with van der Waals surface area (Å²) in [5.74, 6) is 1.95. The van der Waals surface area contributed by atoms with Crippen LogP contribution in [0.15, 0.2) is 23.1 Å². The quantitative estimate of drug-likeness (QED) is 0.595. The second-order valence-corrected chi connectivity index (χ2v) is 3.96. The molecule has 0 aliphatic heterocycles.